The van der Waals surface area contributed by atoms with Gasteiger partial charge in [0.25, 0.3) is 0 Å². The number of methoxy groups -OCH3 is 1. The van der Waals surface area contributed by atoms with Crippen LogP contribution in [0.15, 0.2) is 30.3 Å². The number of carbonyl (C=O) groups is 3. The highest BCUT2D eigenvalue weighted by Gasteiger charge is 2.21. The highest BCUT2D eigenvalue weighted by atomic mass is 16.5. The predicted molar refractivity (Wildman–Crippen MR) is 83.1 cm³/mol. The van der Waals surface area contributed by atoms with Crippen LogP contribution in [0.4, 0.5) is 0 Å². The minimum absolute atomic E-state index is 0.0219. The van der Waals surface area contributed by atoms with E-state index < -0.39 is 29.9 Å². The van der Waals surface area contributed by atoms with Crippen LogP contribution in [0.5, 0.6) is 0 Å². The van der Waals surface area contributed by atoms with Gasteiger partial charge in [0, 0.05) is 6.42 Å². The fraction of sp³-hybridized carbons (Fsp3) is 0.438. The molecule has 0 bridgehead atoms. The molecule has 1 aromatic carbocycles. The van der Waals surface area contributed by atoms with E-state index in [2.05, 4.69) is 10.1 Å². The van der Waals surface area contributed by atoms with Crippen molar-refractivity contribution < 1.29 is 23.9 Å². The lowest BCUT2D eigenvalue weighted by atomic mass is 10.1. The molecule has 0 aliphatic rings. The molecule has 0 aromatic heterocycles. The van der Waals surface area contributed by atoms with Crippen molar-refractivity contribution in [2.24, 2.45) is 5.73 Å². The zero-order valence-corrected chi connectivity index (χ0v) is 13.3. The minimum atomic E-state index is -0.897. The van der Waals surface area contributed by atoms with Gasteiger partial charge in [-0.15, -0.1) is 0 Å². The summed E-state index contributed by atoms with van der Waals surface area (Å²) in [4.78, 5) is 34.6. The number of nitrogens with two attached hydrogens (primary N) is 1. The number of amides is 1. The van der Waals surface area contributed by atoms with Crippen LogP contribution >= 0.6 is 0 Å². The first-order valence-corrected chi connectivity index (χ1v) is 7.27. The summed E-state index contributed by atoms with van der Waals surface area (Å²) in [6.45, 7) is 1.67. The number of esters is 2. The van der Waals surface area contributed by atoms with Crippen molar-refractivity contribution in [1.29, 1.82) is 0 Å². The number of rotatable bonds is 8. The van der Waals surface area contributed by atoms with Crippen LogP contribution in [0, 0.1) is 0 Å². The normalized spacial score (nSPS) is 12.8. The second-order valence-electron chi connectivity index (χ2n) is 5.04. The predicted octanol–water partition coefficient (Wildman–Crippen LogP) is 0.515. The van der Waals surface area contributed by atoms with Gasteiger partial charge in [0.1, 0.15) is 12.6 Å². The molecule has 7 nitrogen and oxygen atoms in total. The number of hydrogen-bond acceptors (Lipinski definition) is 6. The van der Waals surface area contributed by atoms with Crippen LogP contribution in [-0.2, 0) is 30.5 Å². The molecule has 1 aromatic rings. The highest BCUT2D eigenvalue weighted by molar-refractivity contribution is 5.87. The van der Waals surface area contributed by atoms with Crippen LogP contribution in [0.1, 0.15) is 25.3 Å². The van der Waals surface area contributed by atoms with E-state index in [1.807, 2.05) is 30.3 Å². The molecular formula is C16H22N2O5. The molecular weight excluding hydrogens is 300 g/mol. The van der Waals surface area contributed by atoms with E-state index in [0.29, 0.717) is 0 Å². The molecule has 7 heteroatoms. The molecule has 0 saturated carbocycles. The number of carbonyl (C=O) groups excluding carboxylic acids is 3. The van der Waals surface area contributed by atoms with Crippen molar-refractivity contribution in [2.45, 2.75) is 38.5 Å². The van der Waals surface area contributed by atoms with E-state index in [1.165, 1.54) is 14.0 Å². The summed E-state index contributed by atoms with van der Waals surface area (Å²) < 4.78 is 9.59. The molecule has 0 saturated heterocycles. The average molecular weight is 322 g/mol. The molecule has 0 aliphatic heterocycles. The quantitative estimate of drug-likeness (QED) is 0.675. The zero-order valence-electron chi connectivity index (χ0n) is 13.3. The Balaban J connectivity index is 2.29. The van der Waals surface area contributed by atoms with E-state index in [1.54, 1.807) is 0 Å². The molecule has 0 heterocycles. The lowest BCUT2D eigenvalue weighted by Gasteiger charge is -2.15. The van der Waals surface area contributed by atoms with Gasteiger partial charge in [-0.05, 0) is 18.9 Å². The van der Waals surface area contributed by atoms with Crippen molar-refractivity contribution in [3.8, 4) is 0 Å². The lowest BCUT2D eigenvalue weighted by molar-refractivity contribution is -0.146. The molecule has 0 spiro atoms. The molecule has 1 amide bonds. The summed E-state index contributed by atoms with van der Waals surface area (Å²) in [6, 6.07) is 7.59. The first-order chi connectivity index (χ1) is 10.9. The highest BCUT2D eigenvalue weighted by Crippen LogP contribution is 2.04. The summed E-state index contributed by atoms with van der Waals surface area (Å²) in [5.41, 5.74) is 6.57. The number of ether oxygens (including phenoxy) is 2. The van der Waals surface area contributed by atoms with Crippen molar-refractivity contribution in [3.05, 3.63) is 35.9 Å². The Morgan fingerprint density at radius 3 is 2.48 bits per heavy atom. The first kappa shape index (κ1) is 18.6. The molecule has 0 fully saturated rings. The van der Waals surface area contributed by atoms with Gasteiger partial charge in [-0.25, -0.2) is 4.79 Å². The molecule has 1 rings (SSSR count). The fourth-order valence-corrected chi connectivity index (χ4v) is 1.77. The van der Waals surface area contributed by atoms with Gasteiger partial charge in [0.15, 0.2) is 0 Å². The zero-order chi connectivity index (χ0) is 17.2. The fourth-order valence-electron chi connectivity index (χ4n) is 1.77. The van der Waals surface area contributed by atoms with Crippen LogP contribution in [-0.4, -0.2) is 37.0 Å². The minimum Gasteiger partial charge on any atom is -0.467 e. The Hall–Kier alpha value is -2.41. The van der Waals surface area contributed by atoms with Crippen LogP contribution in [0.25, 0.3) is 0 Å². The summed E-state index contributed by atoms with van der Waals surface area (Å²) in [5, 5.41) is 2.42. The molecule has 23 heavy (non-hydrogen) atoms. The summed E-state index contributed by atoms with van der Waals surface area (Å²) >= 11 is 0. The number of nitrogens with one attached hydrogen (secondary N) is 1. The maximum Gasteiger partial charge on any atom is 0.328 e. The van der Waals surface area contributed by atoms with E-state index in [0.717, 1.165) is 5.56 Å². The summed E-state index contributed by atoms with van der Waals surface area (Å²) in [6.07, 6.45) is 0.154. The van der Waals surface area contributed by atoms with E-state index in [-0.39, 0.29) is 19.4 Å². The average Bonchev–Trinajstić information content (AvgIpc) is 2.57. The van der Waals surface area contributed by atoms with Crippen molar-refractivity contribution in [1.82, 2.24) is 5.32 Å². The van der Waals surface area contributed by atoms with Gasteiger partial charge in [-0.2, -0.15) is 0 Å². The van der Waals surface area contributed by atoms with Gasteiger partial charge >= 0.3 is 11.9 Å². The van der Waals surface area contributed by atoms with Gasteiger partial charge < -0.3 is 20.5 Å². The van der Waals surface area contributed by atoms with Crippen molar-refractivity contribution in [2.75, 3.05) is 7.11 Å². The van der Waals surface area contributed by atoms with E-state index >= 15 is 0 Å². The Labute approximate surface area is 135 Å². The number of hydrogen-bond donors (Lipinski definition) is 2. The first-order valence-electron chi connectivity index (χ1n) is 7.27. The van der Waals surface area contributed by atoms with Gasteiger partial charge in [-0.3, -0.25) is 9.59 Å². The van der Waals surface area contributed by atoms with Crippen LogP contribution < -0.4 is 11.1 Å². The van der Waals surface area contributed by atoms with Gasteiger partial charge in [-0.1, -0.05) is 30.3 Å². The molecule has 3 N–H and O–H groups in total. The summed E-state index contributed by atoms with van der Waals surface area (Å²) in [5.74, 6) is -1.51. The largest absolute Gasteiger partial charge is 0.467 e. The molecule has 0 aliphatic carbocycles. The smallest absolute Gasteiger partial charge is 0.328 e. The monoisotopic (exact) mass is 322 g/mol. The maximum atomic E-state index is 11.8. The number of benzene rings is 1. The second-order valence-corrected chi connectivity index (χ2v) is 5.04. The Morgan fingerprint density at radius 1 is 1.22 bits per heavy atom. The third kappa shape index (κ3) is 6.92. The van der Waals surface area contributed by atoms with Gasteiger partial charge in [0.05, 0.1) is 13.2 Å². The van der Waals surface area contributed by atoms with Crippen LogP contribution in [0.3, 0.4) is 0 Å². The molecule has 0 unspecified atom stereocenters. The third-order valence-corrected chi connectivity index (χ3v) is 3.15. The second kappa shape index (κ2) is 9.58. The Morgan fingerprint density at radius 2 is 1.87 bits per heavy atom. The third-order valence-electron chi connectivity index (χ3n) is 3.15. The van der Waals surface area contributed by atoms with Crippen molar-refractivity contribution in [3.63, 3.8) is 0 Å². The SMILES string of the molecule is COC(=O)[C@H](C)NC(=O)[C@H](N)CCC(=O)OCc1ccccc1. The molecule has 126 valence electrons. The van der Waals surface area contributed by atoms with Crippen molar-refractivity contribution >= 4 is 17.8 Å². The standard InChI is InChI=1S/C16H22N2O5/c1-11(16(21)22-2)18-15(20)13(17)8-9-14(19)23-10-12-6-4-3-5-7-12/h3-7,11,13H,8-10,17H2,1-2H3,(H,18,20)/t11-,13+/m0/s1. The maximum absolute atomic E-state index is 11.8. The topological polar surface area (TPSA) is 108 Å². The van der Waals surface area contributed by atoms with E-state index in [4.69, 9.17) is 10.5 Å². The Bertz CT molecular complexity index is 533. The molecule has 0 radical (unpaired) electrons. The van der Waals surface area contributed by atoms with E-state index in [9.17, 15) is 14.4 Å². The Kier molecular flexibility index (Phi) is 7.76. The van der Waals surface area contributed by atoms with Crippen LogP contribution in [0.2, 0.25) is 0 Å². The molecule has 2 atom stereocenters. The lowest BCUT2D eigenvalue weighted by Crippen LogP contribution is -2.47. The van der Waals surface area contributed by atoms with Gasteiger partial charge in [0.2, 0.25) is 5.91 Å². The summed E-state index contributed by atoms with van der Waals surface area (Å²) in [7, 11) is 1.23.